The van der Waals surface area contributed by atoms with Crippen molar-refractivity contribution in [1.82, 2.24) is 9.97 Å². The predicted molar refractivity (Wildman–Crippen MR) is 86.0 cm³/mol. The van der Waals surface area contributed by atoms with E-state index in [-0.39, 0.29) is 12.2 Å². The lowest BCUT2D eigenvalue weighted by molar-refractivity contribution is 0.102. The van der Waals surface area contributed by atoms with E-state index in [4.69, 9.17) is 0 Å². The van der Waals surface area contributed by atoms with Crippen LogP contribution >= 0.6 is 0 Å². The lowest BCUT2D eigenvalue weighted by atomic mass is 9.96. The molecule has 0 aliphatic carbocycles. The number of nitrogens with zero attached hydrogens (tertiary/aromatic N) is 4. The Morgan fingerprint density at radius 3 is 1.77 bits per heavy atom. The van der Waals surface area contributed by atoms with Crippen molar-refractivity contribution in [3.05, 3.63) is 12.4 Å². The van der Waals surface area contributed by atoms with Crippen LogP contribution in [0.3, 0.4) is 0 Å². The molecule has 2 N–H and O–H groups in total. The number of hydrogen-bond acceptors (Lipinski definition) is 6. The minimum absolute atomic E-state index is 0.301. The van der Waals surface area contributed by atoms with Crippen molar-refractivity contribution in [2.75, 3.05) is 36.0 Å². The van der Waals surface area contributed by atoms with Crippen molar-refractivity contribution in [1.29, 1.82) is 0 Å². The Balaban J connectivity index is 1.73. The number of rotatable bonds is 2. The molecule has 3 rings (SSSR count). The van der Waals surface area contributed by atoms with E-state index in [1.807, 2.05) is 6.07 Å². The highest BCUT2D eigenvalue weighted by Crippen LogP contribution is 2.26. The van der Waals surface area contributed by atoms with Gasteiger partial charge in [0.15, 0.2) is 0 Å². The van der Waals surface area contributed by atoms with Crippen LogP contribution in [0.15, 0.2) is 12.4 Å². The number of aromatic nitrogens is 2. The highest BCUT2D eigenvalue weighted by molar-refractivity contribution is 5.50. The molecule has 6 nitrogen and oxygen atoms in total. The Kier molecular flexibility index (Phi) is 4.49. The molecular weight excluding hydrogens is 280 g/mol. The van der Waals surface area contributed by atoms with Gasteiger partial charge in [-0.25, -0.2) is 9.97 Å². The van der Waals surface area contributed by atoms with Crippen molar-refractivity contribution < 1.29 is 10.2 Å². The highest BCUT2D eigenvalue weighted by atomic mass is 16.3. The van der Waals surface area contributed by atoms with Gasteiger partial charge in [0.25, 0.3) is 0 Å². The molecule has 1 aromatic rings. The molecule has 0 radical (unpaired) electrons. The van der Waals surface area contributed by atoms with E-state index < -0.39 is 0 Å². The Morgan fingerprint density at radius 1 is 0.909 bits per heavy atom. The van der Waals surface area contributed by atoms with Gasteiger partial charge in [-0.1, -0.05) is 13.8 Å². The molecule has 6 heteroatoms. The van der Waals surface area contributed by atoms with Crippen LogP contribution in [-0.4, -0.2) is 58.6 Å². The lowest BCUT2D eigenvalue weighted by Crippen LogP contribution is -2.44. The van der Waals surface area contributed by atoms with E-state index in [0.29, 0.717) is 24.9 Å². The summed E-state index contributed by atoms with van der Waals surface area (Å²) in [6.07, 6.45) is 2.93. The third kappa shape index (κ3) is 3.17. The Bertz CT molecular complexity index is 471. The third-order valence-electron chi connectivity index (χ3n) is 5.12. The van der Waals surface area contributed by atoms with Crippen LogP contribution in [0, 0.1) is 11.8 Å². The fraction of sp³-hybridized carbons (Fsp3) is 0.750. The highest BCUT2D eigenvalue weighted by Gasteiger charge is 2.27. The van der Waals surface area contributed by atoms with Crippen LogP contribution in [0.4, 0.5) is 11.6 Å². The summed E-state index contributed by atoms with van der Waals surface area (Å²) in [6.45, 7) is 7.24. The lowest BCUT2D eigenvalue weighted by Gasteiger charge is -2.37. The molecule has 0 amide bonds. The van der Waals surface area contributed by atoms with Crippen molar-refractivity contribution in [2.45, 2.75) is 38.9 Å². The summed E-state index contributed by atoms with van der Waals surface area (Å²) in [4.78, 5) is 13.0. The van der Waals surface area contributed by atoms with Gasteiger partial charge in [0, 0.05) is 32.2 Å². The molecule has 1 aromatic heterocycles. The van der Waals surface area contributed by atoms with Crippen LogP contribution in [0.2, 0.25) is 0 Å². The number of piperidine rings is 2. The zero-order valence-electron chi connectivity index (χ0n) is 13.4. The summed E-state index contributed by atoms with van der Waals surface area (Å²) in [5, 5.41) is 20.1. The average molecular weight is 306 g/mol. The third-order valence-corrected chi connectivity index (χ3v) is 5.12. The van der Waals surface area contributed by atoms with Crippen LogP contribution in [0.5, 0.6) is 0 Å². The Hall–Kier alpha value is -1.40. The fourth-order valence-corrected chi connectivity index (χ4v) is 3.20. The van der Waals surface area contributed by atoms with Gasteiger partial charge in [0.05, 0.1) is 12.2 Å². The summed E-state index contributed by atoms with van der Waals surface area (Å²) in [6, 6.07) is 1.98. The summed E-state index contributed by atoms with van der Waals surface area (Å²) < 4.78 is 0. The molecule has 0 saturated carbocycles. The summed E-state index contributed by atoms with van der Waals surface area (Å²) in [5.41, 5.74) is 0. The molecule has 2 aliphatic rings. The normalized spacial score (nSPS) is 33.1. The van der Waals surface area contributed by atoms with Crippen molar-refractivity contribution in [3.8, 4) is 0 Å². The zero-order valence-corrected chi connectivity index (χ0v) is 13.4. The zero-order chi connectivity index (χ0) is 15.7. The molecule has 122 valence electrons. The molecule has 0 spiro atoms. The van der Waals surface area contributed by atoms with Gasteiger partial charge in [0.2, 0.25) is 0 Å². The molecule has 0 unspecified atom stereocenters. The number of aliphatic hydroxyl groups excluding tert-OH is 2. The van der Waals surface area contributed by atoms with Crippen molar-refractivity contribution in [3.63, 3.8) is 0 Å². The average Bonchev–Trinajstić information content (AvgIpc) is 2.53. The van der Waals surface area contributed by atoms with Gasteiger partial charge in [-0.2, -0.15) is 0 Å². The maximum Gasteiger partial charge on any atom is 0.134 e. The molecule has 0 aromatic carbocycles. The van der Waals surface area contributed by atoms with E-state index in [9.17, 15) is 10.2 Å². The quantitative estimate of drug-likeness (QED) is 0.845. The van der Waals surface area contributed by atoms with Crippen molar-refractivity contribution >= 4 is 11.6 Å². The minimum Gasteiger partial charge on any atom is -0.391 e. The first-order valence-electron chi connectivity index (χ1n) is 8.22. The first-order chi connectivity index (χ1) is 10.5. The smallest absolute Gasteiger partial charge is 0.134 e. The number of β-amino-alcohol motifs (C(OH)–C–C–N with tert-alkyl or cyclic N) is 2. The minimum atomic E-state index is -0.301. The molecule has 0 bridgehead atoms. The Morgan fingerprint density at radius 2 is 1.36 bits per heavy atom. The van der Waals surface area contributed by atoms with Gasteiger partial charge >= 0.3 is 0 Å². The van der Waals surface area contributed by atoms with Gasteiger partial charge in [-0.15, -0.1) is 0 Å². The largest absolute Gasteiger partial charge is 0.391 e. The number of anilines is 2. The first kappa shape index (κ1) is 15.5. The van der Waals surface area contributed by atoms with E-state index in [1.54, 1.807) is 6.33 Å². The van der Waals surface area contributed by atoms with Crippen LogP contribution in [0.1, 0.15) is 26.7 Å². The fourth-order valence-electron chi connectivity index (χ4n) is 3.20. The van der Waals surface area contributed by atoms with E-state index in [0.717, 1.165) is 37.6 Å². The van der Waals surface area contributed by atoms with Gasteiger partial charge in [-0.3, -0.25) is 0 Å². The molecule has 4 atom stereocenters. The summed E-state index contributed by atoms with van der Waals surface area (Å²) in [5.74, 6) is 2.42. The van der Waals surface area contributed by atoms with E-state index >= 15 is 0 Å². The molecule has 2 saturated heterocycles. The second-order valence-electron chi connectivity index (χ2n) is 6.79. The standard InChI is InChI=1S/C16H26N4O2/c1-11-3-5-19(8-13(11)21)15-7-16(18-10-17-15)20-6-4-12(2)14(22)9-20/h7,10-14,21-22H,3-6,8-9H2,1-2H3/t11-,12+,13-,14+. The van der Waals surface area contributed by atoms with Crippen LogP contribution < -0.4 is 9.80 Å². The van der Waals surface area contributed by atoms with Crippen molar-refractivity contribution in [2.24, 2.45) is 11.8 Å². The first-order valence-corrected chi connectivity index (χ1v) is 8.22. The maximum atomic E-state index is 10.1. The summed E-state index contributed by atoms with van der Waals surface area (Å²) >= 11 is 0. The van der Waals surface area contributed by atoms with Gasteiger partial charge < -0.3 is 20.0 Å². The predicted octanol–water partition coefficient (Wildman–Crippen LogP) is 0.891. The van der Waals surface area contributed by atoms with Gasteiger partial charge in [-0.05, 0) is 24.7 Å². The Labute approximate surface area is 131 Å². The van der Waals surface area contributed by atoms with Crippen LogP contribution in [0.25, 0.3) is 0 Å². The molecule has 2 aliphatic heterocycles. The SMILES string of the molecule is C[C@@H]1CCN(c2cc(N3CC[C@H](C)[C@@H](O)C3)ncn2)C[C@H]1O. The molecule has 2 fully saturated rings. The molecular formula is C16H26N4O2. The monoisotopic (exact) mass is 306 g/mol. The second kappa shape index (κ2) is 6.38. The number of hydrogen-bond donors (Lipinski definition) is 2. The van der Waals surface area contributed by atoms with E-state index in [2.05, 4.69) is 33.6 Å². The molecule has 3 heterocycles. The number of aliphatic hydroxyl groups is 2. The maximum absolute atomic E-state index is 10.1. The van der Waals surface area contributed by atoms with E-state index in [1.165, 1.54) is 0 Å². The topological polar surface area (TPSA) is 72.7 Å². The second-order valence-corrected chi connectivity index (χ2v) is 6.79. The molecule has 22 heavy (non-hydrogen) atoms. The van der Waals surface area contributed by atoms with Crippen LogP contribution in [-0.2, 0) is 0 Å². The van der Waals surface area contributed by atoms with Gasteiger partial charge in [0.1, 0.15) is 18.0 Å². The summed E-state index contributed by atoms with van der Waals surface area (Å²) in [7, 11) is 0.